The van der Waals surface area contributed by atoms with Crippen LogP contribution >= 0.6 is 0 Å². The molecule has 0 aromatic carbocycles. The highest BCUT2D eigenvalue weighted by Gasteiger charge is 2.78. The number of carbonyl (C=O) groups excluding carboxylic acids is 2. The van der Waals surface area contributed by atoms with Gasteiger partial charge in [-0.2, -0.15) is 0 Å². The van der Waals surface area contributed by atoms with Crippen molar-refractivity contribution < 1.29 is 38.1 Å². The molecule has 0 amide bonds. The molecule has 0 heterocycles. The summed E-state index contributed by atoms with van der Waals surface area (Å²) >= 11 is 0. The van der Waals surface area contributed by atoms with E-state index in [1.807, 2.05) is 13.8 Å². The number of aliphatic hydroxyl groups excluding tert-OH is 1. The van der Waals surface area contributed by atoms with E-state index < -0.39 is 69.9 Å². The molecule has 9 atom stereocenters. The number of fused-ring (bicyclic) bond motifs is 5. The molecule has 0 aromatic rings. The molecule has 3 fully saturated rings. The number of esters is 1. The Morgan fingerprint density at radius 1 is 1.24 bits per heavy atom. The Labute approximate surface area is 198 Å². The number of hydrogen-bond acceptors (Lipinski definition) is 5. The normalized spacial score (nSPS) is 46.6. The van der Waals surface area contributed by atoms with Gasteiger partial charge in [-0.3, -0.25) is 4.79 Å². The van der Waals surface area contributed by atoms with Crippen LogP contribution in [0.3, 0.4) is 0 Å². The maximum atomic E-state index is 17.1. The highest BCUT2D eigenvalue weighted by atomic mass is 19.1. The molecule has 3 saturated carbocycles. The van der Waals surface area contributed by atoms with Gasteiger partial charge in [0.15, 0.2) is 11.5 Å². The highest BCUT2D eigenvalue weighted by molar-refractivity contribution is 6.01. The summed E-state index contributed by atoms with van der Waals surface area (Å²) in [7, 11) is 0. The molecule has 4 aliphatic carbocycles. The third-order valence-electron chi connectivity index (χ3n) is 8.91. The fourth-order valence-electron chi connectivity index (χ4n) is 7.44. The van der Waals surface area contributed by atoms with E-state index in [4.69, 9.17) is 4.74 Å². The minimum Gasteiger partial charge on any atom is -0.478 e. The SMILES string of the molecule is C=CC(=O)O[C@]1(C(=O)O)[C@H](C)CC2C3C[C@H](F)C4=CC(=O)C=CC4(C)[C@@]3(F)C(O)CC21C.CC. The number of aliphatic hydroxyl groups is 1. The predicted octanol–water partition coefficient (Wildman–Crippen LogP) is 4.13. The van der Waals surface area contributed by atoms with Crippen molar-refractivity contribution in [2.45, 2.75) is 77.4 Å². The molecule has 6 nitrogen and oxygen atoms in total. The topological polar surface area (TPSA) is 101 Å². The van der Waals surface area contributed by atoms with Crippen LogP contribution in [0.2, 0.25) is 0 Å². The fraction of sp³-hybridized carbons (Fsp3) is 0.654. The van der Waals surface area contributed by atoms with Crippen molar-refractivity contribution >= 4 is 17.7 Å². The number of carbonyl (C=O) groups is 3. The summed E-state index contributed by atoms with van der Waals surface area (Å²) in [5, 5.41) is 21.5. The van der Waals surface area contributed by atoms with E-state index in [2.05, 4.69) is 6.58 Å². The zero-order valence-electron chi connectivity index (χ0n) is 20.3. The van der Waals surface area contributed by atoms with Gasteiger partial charge in [0.05, 0.1) is 6.10 Å². The molecule has 2 N–H and O–H groups in total. The second kappa shape index (κ2) is 8.40. The van der Waals surface area contributed by atoms with Gasteiger partial charge in [0, 0.05) is 28.7 Å². The summed E-state index contributed by atoms with van der Waals surface area (Å²) in [6, 6.07) is 0. The van der Waals surface area contributed by atoms with E-state index in [0.29, 0.717) is 0 Å². The molecular formula is C26H34F2O6. The van der Waals surface area contributed by atoms with Crippen LogP contribution in [0.15, 0.2) is 36.5 Å². The first kappa shape index (κ1) is 26.3. The fourth-order valence-corrected chi connectivity index (χ4v) is 7.44. The minimum atomic E-state index is -2.32. The summed E-state index contributed by atoms with van der Waals surface area (Å²) in [5.74, 6) is -5.18. The molecule has 0 radical (unpaired) electrons. The third-order valence-corrected chi connectivity index (χ3v) is 8.91. The number of ether oxygens (including phenoxy) is 1. The molecule has 5 unspecified atom stereocenters. The molecule has 4 aliphatic rings. The molecule has 0 aromatic heterocycles. The van der Waals surface area contributed by atoms with Gasteiger partial charge in [-0.1, -0.05) is 40.3 Å². The summed E-state index contributed by atoms with van der Waals surface area (Å²) in [5.41, 5.74) is -7.24. The van der Waals surface area contributed by atoms with Crippen LogP contribution in [0.5, 0.6) is 0 Å². The number of halogens is 2. The second-order valence-electron chi connectivity index (χ2n) is 10.2. The van der Waals surface area contributed by atoms with Gasteiger partial charge in [0.2, 0.25) is 5.60 Å². The van der Waals surface area contributed by atoms with Crippen LogP contribution in [0.1, 0.15) is 53.9 Å². The Kier molecular flexibility index (Phi) is 6.48. The number of rotatable bonds is 3. The second-order valence-corrected chi connectivity index (χ2v) is 10.2. The number of carboxylic acid groups (broad SMARTS) is 1. The van der Waals surface area contributed by atoms with Crippen molar-refractivity contribution in [2.75, 3.05) is 0 Å². The summed E-state index contributed by atoms with van der Waals surface area (Å²) in [6.07, 6.45) is 0.783. The zero-order valence-corrected chi connectivity index (χ0v) is 20.3. The van der Waals surface area contributed by atoms with Crippen LogP contribution in [-0.2, 0) is 19.1 Å². The summed E-state index contributed by atoms with van der Waals surface area (Å²) < 4.78 is 37.9. The number of allylic oxidation sites excluding steroid dienone is 4. The molecule has 0 bridgehead atoms. The smallest absolute Gasteiger partial charge is 0.349 e. The van der Waals surface area contributed by atoms with Crippen molar-refractivity contribution in [3.8, 4) is 0 Å². The van der Waals surface area contributed by atoms with Gasteiger partial charge in [0.25, 0.3) is 0 Å². The lowest BCUT2D eigenvalue weighted by Crippen LogP contribution is -2.71. The zero-order chi connectivity index (χ0) is 25.9. The third kappa shape index (κ3) is 3.03. The largest absolute Gasteiger partial charge is 0.478 e. The van der Waals surface area contributed by atoms with E-state index in [0.717, 1.165) is 12.2 Å². The van der Waals surface area contributed by atoms with Crippen molar-refractivity contribution in [3.05, 3.63) is 36.5 Å². The first-order valence-corrected chi connectivity index (χ1v) is 11.8. The predicted molar refractivity (Wildman–Crippen MR) is 121 cm³/mol. The highest BCUT2D eigenvalue weighted by Crippen LogP contribution is 2.71. The number of ketones is 1. The molecule has 188 valence electrons. The molecule has 8 heteroatoms. The average Bonchev–Trinajstić information content (AvgIpc) is 3.00. The van der Waals surface area contributed by atoms with E-state index in [1.54, 1.807) is 13.8 Å². The van der Waals surface area contributed by atoms with Gasteiger partial charge < -0.3 is 14.9 Å². The molecular weight excluding hydrogens is 446 g/mol. The molecule has 4 rings (SSSR count). The Morgan fingerprint density at radius 2 is 1.85 bits per heavy atom. The van der Waals surface area contributed by atoms with Crippen LogP contribution in [0.25, 0.3) is 0 Å². The molecule has 0 saturated heterocycles. The van der Waals surface area contributed by atoms with E-state index in [-0.39, 0.29) is 24.8 Å². The first-order valence-electron chi connectivity index (χ1n) is 11.8. The van der Waals surface area contributed by atoms with Gasteiger partial charge in [-0.15, -0.1) is 0 Å². The van der Waals surface area contributed by atoms with E-state index >= 15 is 8.78 Å². The number of hydrogen-bond donors (Lipinski definition) is 2. The van der Waals surface area contributed by atoms with Gasteiger partial charge >= 0.3 is 11.9 Å². The molecule has 34 heavy (non-hydrogen) atoms. The first-order chi connectivity index (χ1) is 15.8. The van der Waals surface area contributed by atoms with Gasteiger partial charge in [-0.05, 0) is 49.8 Å². The van der Waals surface area contributed by atoms with Crippen molar-refractivity contribution in [1.82, 2.24) is 0 Å². The lowest BCUT2D eigenvalue weighted by Gasteiger charge is -2.62. The van der Waals surface area contributed by atoms with Crippen LogP contribution in [-0.4, -0.2) is 51.5 Å². The standard InChI is InChI=1S/C24H28F2O6.C2H6/c1-5-19(29)32-24(20(30)31)12(2)8-14-15-10-17(25)16-9-13(27)6-7-21(16,3)23(15,26)18(28)11-22(14,24)4;1-2/h5-7,9,12,14-15,17-18,28H,1,8,10-11H2,2-4H3,(H,30,31);1-2H3/t12-,14?,15?,17+,18?,21?,22?,23+,24+;/m1./s1. The Hall–Kier alpha value is -2.35. The summed E-state index contributed by atoms with van der Waals surface area (Å²) in [6.45, 7) is 12.0. The summed E-state index contributed by atoms with van der Waals surface area (Å²) in [4.78, 5) is 36.6. The lowest BCUT2D eigenvalue weighted by atomic mass is 9.44. The molecule has 0 aliphatic heterocycles. The Bertz CT molecular complexity index is 974. The maximum Gasteiger partial charge on any atom is 0.349 e. The van der Waals surface area contributed by atoms with E-state index in [1.165, 1.54) is 19.1 Å². The lowest BCUT2D eigenvalue weighted by molar-refractivity contribution is -0.235. The number of aliphatic carboxylic acids is 1. The van der Waals surface area contributed by atoms with Crippen LogP contribution in [0, 0.1) is 28.6 Å². The van der Waals surface area contributed by atoms with E-state index in [9.17, 15) is 24.6 Å². The van der Waals surface area contributed by atoms with Gasteiger partial charge in [0.1, 0.15) is 6.17 Å². The van der Waals surface area contributed by atoms with Crippen molar-refractivity contribution in [2.24, 2.45) is 28.6 Å². The molecule has 0 spiro atoms. The van der Waals surface area contributed by atoms with Crippen LogP contribution < -0.4 is 0 Å². The quantitative estimate of drug-likeness (QED) is 0.465. The maximum absolute atomic E-state index is 17.1. The number of alkyl halides is 2. The Morgan fingerprint density at radius 3 is 2.41 bits per heavy atom. The average molecular weight is 481 g/mol. The minimum absolute atomic E-state index is 0.0000291. The van der Waals surface area contributed by atoms with Crippen LogP contribution in [0.4, 0.5) is 8.78 Å². The van der Waals surface area contributed by atoms with Gasteiger partial charge in [-0.25, -0.2) is 18.4 Å². The monoisotopic (exact) mass is 480 g/mol. The number of carboxylic acids is 1. The van der Waals surface area contributed by atoms with Crippen molar-refractivity contribution in [1.29, 1.82) is 0 Å². The van der Waals surface area contributed by atoms with Crippen molar-refractivity contribution in [3.63, 3.8) is 0 Å². The Balaban J connectivity index is 0.00000158.